The second-order valence-electron chi connectivity index (χ2n) is 13.1. The quantitative estimate of drug-likeness (QED) is 0.106. The van der Waals surface area contributed by atoms with Gasteiger partial charge in [0.25, 0.3) is 0 Å². The maximum atomic E-state index is 14.4. The highest BCUT2D eigenvalue weighted by molar-refractivity contribution is 7.59. The first-order chi connectivity index (χ1) is 20.0. The van der Waals surface area contributed by atoms with Crippen LogP contribution in [0.15, 0.2) is 18.6 Å². The Morgan fingerprint density at radius 1 is 0.930 bits per heavy atom. The summed E-state index contributed by atoms with van der Waals surface area (Å²) in [6.45, 7) is 17.5. The molecule has 0 radical (unpaired) electrons. The number of rotatable bonds is 19. The number of carbonyl (C=O) groups is 2. The third-order valence-electron chi connectivity index (χ3n) is 6.79. The minimum absolute atomic E-state index is 0.263. The number of nitrogen functional groups attached to an aromatic ring is 1. The minimum Gasteiger partial charge on any atom is -0.464 e. The van der Waals surface area contributed by atoms with Crippen molar-refractivity contribution in [2.75, 3.05) is 25.3 Å². The van der Waals surface area contributed by atoms with Crippen LogP contribution in [0.1, 0.15) is 88.0 Å². The summed E-state index contributed by atoms with van der Waals surface area (Å²) in [4.78, 5) is 34.7. The Labute approximate surface area is 256 Å². The van der Waals surface area contributed by atoms with Gasteiger partial charge < -0.3 is 24.5 Å². The highest BCUT2D eigenvalue weighted by Gasteiger charge is 2.43. The second kappa shape index (κ2) is 16.0. The van der Waals surface area contributed by atoms with E-state index in [1.54, 1.807) is 50.9 Å². The van der Waals surface area contributed by atoms with Crippen LogP contribution in [0, 0.1) is 11.8 Å². The van der Waals surface area contributed by atoms with Gasteiger partial charge in [0.05, 0.1) is 37.9 Å². The molecule has 0 unspecified atom stereocenters. The predicted molar refractivity (Wildman–Crippen MR) is 169 cm³/mol. The van der Waals surface area contributed by atoms with E-state index in [0.29, 0.717) is 35.2 Å². The molecule has 0 saturated heterocycles. The number of nitrogens with one attached hydrogen (secondary N) is 2. The van der Waals surface area contributed by atoms with E-state index in [1.807, 2.05) is 6.92 Å². The number of carbonyl (C=O) groups excluding carboxylic acids is 2. The largest absolute Gasteiger partial charge is 0.464 e. The van der Waals surface area contributed by atoms with Crippen LogP contribution >= 0.6 is 7.44 Å². The molecule has 12 nitrogen and oxygen atoms in total. The van der Waals surface area contributed by atoms with Crippen LogP contribution in [0.4, 0.5) is 5.69 Å². The highest BCUT2D eigenvalue weighted by atomic mass is 31.2. The molecule has 4 N–H and O–H groups in total. The van der Waals surface area contributed by atoms with Crippen LogP contribution in [0.3, 0.4) is 0 Å². The molecule has 0 aliphatic heterocycles. The summed E-state index contributed by atoms with van der Waals surface area (Å²) in [5.41, 5.74) is 5.05. The van der Waals surface area contributed by atoms with Crippen LogP contribution in [0.25, 0.3) is 11.2 Å². The molecule has 0 spiro atoms. The third kappa shape index (κ3) is 11.8. The number of hydrogen-bond donors (Lipinski definition) is 3. The molecule has 0 aliphatic carbocycles. The predicted octanol–water partition coefficient (Wildman–Crippen LogP) is 5.26. The van der Waals surface area contributed by atoms with E-state index >= 15 is 0 Å². The van der Waals surface area contributed by atoms with Gasteiger partial charge >= 0.3 is 11.9 Å². The van der Waals surface area contributed by atoms with E-state index in [2.05, 4.69) is 47.8 Å². The zero-order valence-electron chi connectivity index (χ0n) is 27.4. The van der Waals surface area contributed by atoms with E-state index in [4.69, 9.17) is 19.9 Å². The number of pyridine rings is 1. The zero-order chi connectivity index (χ0) is 32.4. The number of ether oxygens (including phenoxy) is 3. The normalized spacial score (nSPS) is 13.6. The fraction of sp³-hybridized carbons (Fsp3) is 0.733. The van der Waals surface area contributed by atoms with Gasteiger partial charge in [-0.15, -0.1) is 0 Å². The lowest BCUT2D eigenvalue weighted by Crippen LogP contribution is -2.54. The summed E-state index contributed by atoms with van der Waals surface area (Å²) in [5, 5.41) is 5.91. The third-order valence-corrected chi connectivity index (χ3v) is 9.14. The number of aromatic nitrogens is 3. The van der Waals surface area contributed by atoms with Gasteiger partial charge in [-0.25, -0.2) is 20.1 Å². The molecule has 0 aliphatic rings. The summed E-state index contributed by atoms with van der Waals surface area (Å²) in [5.74, 6) is -0.105. The molecule has 2 aromatic rings. The molecule has 2 heterocycles. The number of nitrogens with two attached hydrogens (primary N) is 1. The van der Waals surface area contributed by atoms with Crippen molar-refractivity contribution in [3.63, 3.8) is 0 Å². The van der Waals surface area contributed by atoms with Crippen molar-refractivity contribution < 1.29 is 28.4 Å². The summed E-state index contributed by atoms with van der Waals surface area (Å²) < 4.78 is 33.3. The molecular weight excluding hydrogens is 571 g/mol. The average molecular weight is 625 g/mol. The summed E-state index contributed by atoms with van der Waals surface area (Å²) in [6.07, 6.45) is 5.80. The highest BCUT2D eigenvalue weighted by Crippen LogP contribution is 2.42. The summed E-state index contributed by atoms with van der Waals surface area (Å²) in [6, 6.07) is 1.68. The van der Waals surface area contributed by atoms with Gasteiger partial charge in [-0.05, 0) is 78.2 Å². The number of nitrogens with zero attached hydrogens (tertiary/aromatic N) is 3. The van der Waals surface area contributed by atoms with Crippen molar-refractivity contribution in [2.45, 2.75) is 112 Å². The molecule has 0 aromatic carbocycles. The van der Waals surface area contributed by atoms with Crippen LogP contribution in [0.2, 0.25) is 0 Å². The van der Waals surface area contributed by atoms with Gasteiger partial charge in [-0.2, -0.15) is 0 Å². The molecule has 0 fully saturated rings. The molecule has 43 heavy (non-hydrogen) atoms. The van der Waals surface area contributed by atoms with Gasteiger partial charge in [0.2, 0.25) is 7.44 Å². The monoisotopic (exact) mass is 624 g/mol. The zero-order valence-corrected chi connectivity index (χ0v) is 28.3. The second-order valence-corrected chi connectivity index (χ2v) is 15.3. The van der Waals surface area contributed by atoms with Crippen molar-refractivity contribution >= 4 is 36.2 Å². The topological polar surface area (TPSA) is 160 Å². The van der Waals surface area contributed by atoms with Crippen molar-refractivity contribution in [1.29, 1.82) is 0 Å². The Balaban J connectivity index is 2.17. The molecule has 0 saturated carbocycles. The molecule has 13 heteroatoms. The summed E-state index contributed by atoms with van der Waals surface area (Å²) >= 11 is 0. The average Bonchev–Trinajstić information content (AvgIpc) is 3.30. The van der Waals surface area contributed by atoms with Gasteiger partial charge in [-0.3, -0.25) is 14.2 Å². The molecule has 244 valence electrons. The van der Waals surface area contributed by atoms with Crippen molar-refractivity contribution in [2.24, 2.45) is 11.8 Å². The van der Waals surface area contributed by atoms with E-state index in [9.17, 15) is 14.2 Å². The Morgan fingerprint density at radius 3 is 1.93 bits per heavy atom. The van der Waals surface area contributed by atoms with Crippen molar-refractivity contribution in [3.8, 4) is 0 Å². The molecule has 2 rings (SSSR count). The van der Waals surface area contributed by atoms with E-state index in [-0.39, 0.29) is 19.6 Å². The first-order valence-electron chi connectivity index (χ1n) is 15.1. The molecule has 1 atom stereocenters. The van der Waals surface area contributed by atoms with Gasteiger partial charge in [0.1, 0.15) is 22.9 Å². The molecule has 2 aromatic heterocycles. The SMILES string of the molecule is CC(C)CCCOC(=O)C(C)(C)NP(=O)(CO[C@H](C)Cn1cnc2c(N)ccnc21)NC(C)(C)C(=O)OCCCC(C)C. The fourth-order valence-corrected chi connectivity index (χ4v) is 7.08. The van der Waals surface area contributed by atoms with Crippen LogP contribution in [-0.4, -0.2) is 63.2 Å². The standard InChI is InChI=1S/C30H53N6O6P/c1-21(2)12-10-16-40-27(37)29(6,7)34-43(39,35-30(8,9)28(38)41-17-11-13-22(3)4)20-42-23(5)18-36-19-33-25-24(31)14-15-32-26(25)36/h14-15,19,21-23H,10-13,16-18,20H2,1-9H3,(H2,31,32)(H2,34,35,39)/t23-/m1/s1. The number of hydrogen-bond acceptors (Lipinski definition) is 9. The van der Waals surface area contributed by atoms with E-state index in [0.717, 1.165) is 25.7 Å². The van der Waals surface area contributed by atoms with Crippen LogP contribution in [-0.2, 0) is 34.9 Å². The number of imidazole rings is 1. The van der Waals surface area contributed by atoms with Crippen LogP contribution in [0.5, 0.6) is 0 Å². The first-order valence-corrected chi connectivity index (χ1v) is 17.0. The number of anilines is 1. The molecule has 0 amide bonds. The van der Waals surface area contributed by atoms with Gasteiger partial charge in [0, 0.05) is 6.20 Å². The smallest absolute Gasteiger partial charge is 0.326 e. The maximum absolute atomic E-state index is 14.4. The number of fused-ring (bicyclic) bond motifs is 1. The van der Waals surface area contributed by atoms with Crippen molar-refractivity contribution in [1.82, 2.24) is 24.7 Å². The Bertz CT molecular complexity index is 1200. The Hall–Kier alpha value is -2.53. The maximum Gasteiger partial charge on any atom is 0.326 e. The fourth-order valence-electron chi connectivity index (χ4n) is 4.44. The van der Waals surface area contributed by atoms with E-state index in [1.165, 1.54) is 0 Å². The van der Waals surface area contributed by atoms with Crippen molar-refractivity contribution in [3.05, 3.63) is 18.6 Å². The molecular formula is C30H53N6O6P. The first kappa shape index (κ1) is 36.7. The van der Waals surface area contributed by atoms with Gasteiger partial charge in [0.15, 0.2) is 5.65 Å². The lowest BCUT2D eigenvalue weighted by Gasteiger charge is -2.35. The minimum atomic E-state index is -3.76. The summed E-state index contributed by atoms with van der Waals surface area (Å²) in [7, 11) is -3.76. The Kier molecular flexibility index (Phi) is 13.6. The Morgan fingerprint density at radius 2 is 1.44 bits per heavy atom. The lowest BCUT2D eigenvalue weighted by atomic mass is 10.1. The number of esters is 2. The van der Waals surface area contributed by atoms with Gasteiger partial charge in [-0.1, -0.05) is 27.7 Å². The van der Waals surface area contributed by atoms with Crippen LogP contribution < -0.4 is 15.9 Å². The van der Waals surface area contributed by atoms with E-state index < -0.39 is 36.6 Å². The molecule has 0 bridgehead atoms. The lowest BCUT2D eigenvalue weighted by molar-refractivity contribution is -0.149.